The normalized spacial score (nSPS) is 25.0. The van der Waals surface area contributed by atoms with Gasteiger partial charge < -0.3 is 15.2 Å². The maximum atomic E-state index is 14.1. The molecule has 1 atom stereocenters. The van der Waals surface area contributed by atoms with E-state index >= 15 is 0 Å². The van der Waals surface area contributed by atoms with Gasteiger partial charge in [-0.05, 0) is 62.7 Å². The standard InChI is InChI=1S/C24H27Cl2FN4/c1-24(17-6-7-20(25)21(26)14-17)10-2-4-18(27)5-3-13-31-22(24)15-30-23(31)16-29-19-8-11-28-12-9-19/h2-7,10,14-15,19,28-29H,8-9,11-13,16H2,1H3/b5-3-,10-2?,18-4+. The quantitative estimate of drug-likeness (QED) is 0.648. The van der Waals surface area contributed by atoms with Crippen molar-refractivity contribution < 1.29 is 4.39 Å². The van der Waals surface area contributed by atoms with Gasteiger partial charge in [-0.3, -0.25) is 0 Å². The van der Waals surface area contributed by atoms with Crippen LogP contribution in [0, 0.1) is 0 Å². The van der Waals surface area contributed by atoms with Crippen molar-refractivity contribution in [3.8, 4) is 0 Å². The molecule has 0 aliphatic carbocycles. The van der Waals surface area contributed by atoms with E-state index < -0.39 is 5.41 Å². The minimum Gasteiger partial charge on any atom is -0.326 e. The molecular formula is C24H27Cl2FN4. The lowest BCUT2D eigenvalue weighted by molar-refractivity contribution is 0.380. The predicted molar refractivity (Wildman–Crippen MR) is 125 cm³/mol. The lowest BCUT2D eigenvalue weighted by Crippen LogP contribution is -2.40. The number of rotatable bonds is 4. The monoisotopic (exact) mass is 460 g/mol. The maximum Gasteiger partial charge on any atom is 0.123 e. The number of nitrogens with zero attached hydrogens (tertiary/aromatic N) is 2. The number of piperidine rings is 1. The van der Waals surface area contributed by atoms with Crippen LogP contribution in [-0.2, 0) is 18.5 Å². The number of nitrogens with one attached hydrogen (secondary N) is 2. The summed E-state index contributed by atoms with van der Waals surface area (Å²) in [6.07, 6.45) is 12.7. The van der Waals surface area contributed by atoms with Crippen molar-refractivity contribution in [2.75, 3.05) is 13.1 Å². The SMILES string of the molecule is CC1(c2ccc(Cl)c(Cl)c2)C=C/C=C(F)\C=C/Cn2c1cnc2CNC1CCNCC1. The first-order valence-electron chi connectivity index (χ1n) is 10.6. The number of allylic oxidation sites excluding steroid dienone is 6. The highest BCUT2D eigenvalue weighted by Gasteiger charge is 2.31. The number of benzene rings is 1. The summed E-state index contributed by atoms with van der Waals surface area (Å²) in [6.45, 7) is 5.36. The van der Waals surface area contributed by atoms with E-state index in [1.54, 1.807) is 12.1 Å². The van der Waals surface area contributed by atoms with E-state index in [1.807, 2.05) is 30.5 Å². The van der Waals surface area contributed by atoms with Gasteiger partial charge in [-0.1, -0.05) is 47.5 Å². The summed E-state index contributed by atoms with van der Waals surface area (Å²) >= 11 is 12.5. The summed E-state index contributed by atoms with van der Waals surface area (Å²) in [5, 5.41) is 8.03. The Morgan fingerprint density at radius 1 is 1.26 bits per heavy atom. The van der Waals surface area contributed by atoms with Crippen molar-refractivity contribution in [3.05, 3.63) is 87.7 Å². The van der Waals surface area contributed by atoms with Crippen LogP contribution in [0.25, 0.3) is 0 Å². The van der Waals surface area contributed by atoms with Crippen LogP contribution in [0.1, 0.15) is 36.8 Å². The van der Waals surface area contributed by atoms with Crippen molar-refractivity contribution in [1.29, 1.82) is 0 Å². The second-order valence-electron chi connectivity index (χ2n) is 8.22. The fourth-order valence-corrected chi connectivity index (χ4v) is 4.54. The van der Waals surface area contributed by atoms with Gasteiger partial charge in [-0.25, -0.2) is 9.37 Å². The number of fused-ring (bicyclic) bond motifs is 1. The predicted octanol–water partition coefficient (Wildman–Crippen LogP) is 5.32. The van der Waals surface area contributed by atoms with Gasteiger partial charge in [0.1, 0.15) is 11.7 Å². The van der Waals surface area contributed by atoms with E-state index in [4.69, 9.17) is 28.2 Å². The van der Waals surface area contributed by atoms with Crippen LogP contribution in [0.2, 0.25) is 10.0 Å². The summed E-state index contributed by atoms with van der Waals surface area (Å²) in [6, 6.07) is 6.12. The molecule has 0 saturated carbocycles. The van der Waals surface area contributed by atoms with E-state index in [-0.39, 0.29) is 5.83 Å². The Bertz CT molecular complexity index is 1020. The van der Waals surface area contributed by atoms with Gasteiger partial charge in [-0.2, -0.15) is 0 Å². The molecule has 4 nitrogen and oxygen atoms in total. The molecule has 1 aromatic heterocycles. The number of hydrogen-bond acceptors (Lipinski definition) is 3. The number of hydrogen-bond donors (Lipinski definition) is 2. The molecule has 0 bridgehead atoms. The molecule has 1 fully saturated rings. The molecule has 0 amide bonds. The van der Waals surface area contributed by atoms with Gasteiger partial charge in [0.2, 0.25) is 0 Å². The molecular weight excluding hydrogens is 434 g/mol. The first-order valence-corrected chi connectivity index (χ1v) is 11.4. The third kappa shape index (κ3) is 4.96. The molecule has 2 N–H and O–H groups in total. The van der Waals surface area contributed by atoms with Gasteiger partial charge in [0.05, 0.1) is 27.7 Å². The van der Waals surface area contributed by atoms with Crippen molar-refractivity contribution >= 4 is 23.2 Å². The number of halogens is 3. The van der Waals surface area contributed by atoms with Gasteiger partial charge in [0, 0.05) is 18.8 Å². The summed E-state index contributed by atoms with van der Waals surface area (Å²) < 4.78 is 16.3. The van der Waals surface area contributed by atoms with E-state index in [9.17, 15) is 4.39 Å². The van der Waals surface area contributed by atoms with Crippen LogP contribution >= 0.6 is 23.2 Å². The third-order valence-corrected chi connectivity index (χ3v) is 6.87. The number of imidazole rings is 1. The lowest BCUT2D eigenvalue weighted by atomic mass is 9.79. The molecule has 7 heteroatoms. The topological polar surface area (TPSA) is 41.9 Å². The second kappa shape index (κ2) is 9.70. The maximum absolute atomic E-state index is 14.1. The summed E-state index contributed by atoms with van der Waals surface area (Å²) in [7, 11) is 0. The van der Waals surface area contributed by atoms with Crippen molar-refractivity contribution in [1.82, 2.24) is 20.2 Å². The van der Waals surface area contributed by atoms with Crippen LogP contribution in [0.4, 0.5) is 4.39 Å². The van der Waals surface area contributed by atoms with Crippen LogP contribution < -0.4 is 10.6 Å². The fourth-order valence-electron chi connectivity index (χ4n) is 4.24. The minimum atomic E-state index is -0.559. The van der Waals surface area contributed by atoms with Crippen LogP contribution in [-0.4, -0.2) is 28.7 Å². The Morgan fingerprint density at radius 2 is 2.06 bits per heavy atom. The molecule has 1 unspecified atom stereocenters. The van der Waals surface area contributed by atoms with Crippen LogP contribution in [0.3, 0.4) is 0 Å². The fraction of sp³-hybridized carbons (Fsp3) is 0.375. The Morgan fingerprint density at radius 3 is 2.84 bits per heavy atom. The van der Waals surface area contributed by atoms with E-state index in [0.717, 1.165) is 43.0 Å². The van der Waals surface area contributed by atoms with Crippen molar-refractivity contribution in [3.63, 3.8) is 0 Å². The average Bonchev–Trinajstić information content (AvgIpc) is 3.18. The number of aromatic nitrogens is 2. The second-order valence-corrected chi connectivity index (χ2v) is 9.03. The zero-order valence-electron chi connectivity index (χ0n) is 17.5. The largest absolute Gasteiger partial charge is 0.326 e. The first kappa shape index (κ1) is 22.3. The summed E-state index contributed by atoms with van der Waals surface area (Å²) in [4.78, 5) is 4.75. The Balaban J connectivity index is 1.73. The average molecular weight is 461 g/mol. The first-order chi connectivity index (χ1) is 15.0. The molecule has 1 saturated heterocycles. The Labute approximate surface area is 192 Å². The molecule has 0 spiro atoms. The molecule has 2 aliphatic heterocycles. The minimum absolute atomic E-state index is 0.286. The molecule has 164 valence electrons. The highest BCUT2D eigenvalue weighted by atomic mass is 35.5. The van der Waals surface area contributed by atoms with Gasteiger partial charge >= 0.3 is 0 Å². The van der Waals surface area contributed by atoms with Gasteiger partial charge in [0.15, 0.2) is 0 Å². The summed E-state index contributed by atoms with van der Waals surface area (Å²) in [5.74, 6) is 0.647. The van der Waals surface area contributed by atoms with Crippen LogP contribution in [0.15, 0.2) is 60.6 Å². The van der Waals surface area contributed by atoms with E-state index in [2.05, 4.69) is 22.1 Å². The zero-order valence-corrected chi connectivity index (χ0v) is 19.1. The third-order valence-electron chi connectivity index (χ3n) is 6.13. The highest BCUT2D eigenvalue weighted by Crippen LogP contribution is 2.37. The van der Waals surface area contributed by atoms with Crippen LogP contribution in [0.5, 0.6) is 0 Å². The van der Waals surface area contributed by atoms with Crippen molar-refractivity contribution in [2.24, 2.45) is 0 Å². The Hall–Kier alpha value is -1.92. The lowest BCUT2D eigenvalue weighted by Gasteiger charge is -2.29. The van der Waals surface area contributed by atoms with Gasteiger partial charge in [0.25, 0.3) is 0 Å². The highest BCUT2D eigenvalue weighted by molar-refractivity contribution is 6.42. The van der Waals surface area contributed by atoms with E-state index in [1.165, 1.54) is 12.2 Å². The molecule has 0 radical (unpaired) electrons. The van der Waals surface area contributed by atoms with E-state index in [0.29, 0.717) is 29.2 Å². The zero-order chi connectivity index (χ0) is 21.8. The van der Waals surface area contributed by atoms with Gasteiger partial charge in [-0.15, -0.1) is 0 Å². The smallest absolute Gasteiger partial charge is 0.123 e. The molecule has 31 heavy (non-hydrogen) atoms. The molecule has 2 aromatic rings. The Kier molecular flexibility index (Phi) is 6.97. The molecule has 1 aromatic carbocycles. The molecule has 4 rings (SSSR count). The summed E-state index contributed by atoms with van der Waals surface area (Å²) in [5.41, 5.74) is 1.43. The molecule has 3 heterocycles. The molecule has 2 aliphatic rings. The van der Waals surface area contributed by atoms with Crippen molar-refractivity contribution in [2.45, 2.75) is 44.3 Å².